The summed E-state index contributed by atoms with van der Waals surface area (Å²) >= 11 is 3.49. The van der Waals surface area contributed by atoms with Crippen molar-refractivity contribution in [2.45, 2.75) is 39.2 Å². The average Bonchev–Trinajstić information content (AvgIpc) is 3.23. The number of nitrogens with two attached hydrogens (primary N) is 1. The Morgan fingerprint density at radius 1 is 1.48 bits per heavy atom. The molecule has 0 heterocycles. The summed E-state index contributed by atoms with van der Waals surface area (Å²) in [5.74, 6) is 0.866. The van der Waals surface area contributed by atoms with Crippen LogP contribution in [0.1, 0.15) is 30.9 Å². The van der Waals surface area contributed by atoms with Crippen LogP contribution in [0.25, 0.3) is 0 Å². The zero-order chi connectivity index (χ0) is 15.4. The Morgan fingerprint density at radius 3 is 2.76 bits per heavy atom. The molecule has 5 heteroatoms. The largest absolute Gasteiger partial charge is 0.483 e. The molecule has 0 bridgehead atoms. The third-order valence-corrected chi connectivity index (χ3v) is 4.18. The van der Waals surface area contributed by atoms with Gasteiger partial charge in [-0.05, 0) is 62.9 Å². The topological polar surface area (TPSA) is 55.6 Å². The molecule has 2 N–H and O–H groups in total. The van der Waals surface area contributed by atoms with Crippen LogP contribution in [-0.4, -0.2) is 36.5 Å². The molecule has 0 radical (unpaired) electrons. The van der Waals surface area contributed by atoms with Crippen molar-refractivity contribution in [3.63, 3.8) is 0 Å². The summed E-state index contributed by atoms with van der Waals surface area (Å²) < 4.78 is 6.84. The summed E-state index contributed by atoms with van der Waals surface area (Å²) in [6.07, 6.45) is 2.98. The number of benzene rings is 1. The summed E-state index contributed by atoms with van der Waals surface area (Å²) in [6.45, 7) is 5.42. The number of hydrogen-bond acceptors (Lipinski definition) is 3. The molecular formula is C16H23BrN2O2. The van der Waals surface area contributed by atoms with Crippen molar-refractivity contribution in [1.82, 2.24) is 4.90 Å². The number of halogens is 1. The predicted molar refractivity (Wildman–Crippen MR) is 87.5 cm³/mol. The van der Waals surface area contributed by atoms with Crippen molar-refractivity contribution in [2.24, 2.45) is 5.73 Å². The average molecular weight is 355 g/mol. The van der Waals surface area contributed by atoms with Gasteiger partial charge in [0.05, 0.1) is 0 Å². The number of aryl methyl sites for hydroxylation is 1. The number of carbonyl (C=O) groups is 1. The fraction of sp³-hybridized carbons (Fsp3) is 0.562. The van der Waals surface area contributed by atoms with Gasteiger partial charge in [-0.3, -0.25) is 4.79 Å². The smallest absolute Gasteiger partial charge is 0.260 e. The molecule has 0 unspecified atom stereocenters. The Bertz CT molecular complexity index is 515. The van der Waals surface area contributed by atoms with Crippen molar-refractivity contribution in [2.75, 3.05) is 19.7 Å². The molecule has 1 aliphatic carbocycles. The van der Waals surface area contributed by atoms with Crippen molar-refractivity contribution in [3.8, 4) is 5.75 Å². The first kappa shape index (κ1) is 16.3. The minimum atomic E-state index is 0.0704. The number of hydrogen-bond donors (Lipinski definition) is 1. The summed E-state index contributed by atoms with van der Waals surface area (Å²) in [6, 6.07) is 4.44. The van der Waals surface area contributed by atoms with Crippen LogP contribution in [-0.2, 0) is 11.2 Å². The second-order valence-electron chi connectivity index (χ2n) is 5.45. The highest BCUT2D eigenvalue weighted by Gasteiger charge is 2.31. The quantitative estimate of drug-likeness (QED) is 0.818. The number of likely N-dealkylation sites (N-methyl/N-ethyl adjacent to an activating group) is 1. The van der Waals surface area contributed by atoms with Gasteiger partial charge in [-0.1, -0.05) is 15.9 Å². The van der Waals surface area contributed by atoms with Crippen molar-refractivity contribution < 1.29 is 9.53 Å². The van der Waals surface area contributed by atoms with E-state index in [1.54, 1.807) is 0 Å². The third-order valence-electron chi connectivity index (χ3n) is 3.72. The predicted octanol–water partition coefficient (Wildman–Crippen LogP) is 2.65. The maximum absolute atomic E-state index is 12.2. The van der Waals surface area contributed by atoms with Crippen LogP contribution in [0, 0.1) is 6.92 Å². The van der Waals surface area contributed by atoms with Crippen molar-refractivity contribution in [1.29, 1.82) is 0 Å². The van der Waals surface area contributed by atoms with E-state index in [9.17, 15) is 4.79 Å². The Hall–Kier alpha value is -1.07. The number of amides is 1. The lowest BCUT2D eigenvalue weighted by atomic mass is 10.1. The lowest BCUT2D eigenvalue weighted by Crippen LogP contribution is -2.36. The van der Waals surface area contributed by atoms with Gasteiger partial charge >= 0.3 is 0 Å². The summed E-state index contributed by atoms with van der Waals surface area (Å²) in [7, 11) is 0. The molecule has 116 valence electrons. The van der Waals surface area contributed by atoms with Gasteiger partial charge in [-0.2, -0.15) is 0 Å². The van der Waals surface area contributed by atoms with E-state index in [0.717, 1.165) is 47.2 Å². The first-order valence-electron chi connectivity index (χ1n) is 7.48. The minimum Gasteiger partial charge on any atom is -0.483 e. The van der Waals surface area contributed by atoms with Gasteiger partial charge in [0.25, 0.3) is 5.91 Å². The highest BCUT2D eigenvalue weighted by Crippen LogP contribution is 2.29. The number of nitrogens with zero attached hydrogens (tertiary/aromatic N) is 1. The van der Waals surface area contributed by atoms with Crippen LogP contribution in [0.5, 0.6) is 5.75 Å². The third kappa shape index (κ3) is 4.20. The van der Waals surface area contributed by atoms with E-state index in [-0.39, 0.29) is 12.5 Å². The van der Waals surface area contributed by atoms with Gasteiger partial charge in [0.15, 0.2) is 6.61 Å². The maximum Gasteiger partial charge on any atom is 0.260 e. The Morgan fingerprint density at radius 2 is 2.19 bits per heavy atom. The van der Waals surface area contributed by atoms with E-state index in [1.165, 1.54) is 0 Å². The van der Waals surface area contributed by atoms with E-state index >= 15 is 0 Å². The Kier molecular flexibility index (Phi) is 5.65. The molecular weight excluding hydrogens is 332 g/mol. The van der Waals surface area contributed by atoms with Crippen LogP contribution < -0.4 is 10.5 Å². The van der Waals surface area contributed by atoms with E-state index in [1.807, 2.05) is 30.9 Å². The van der Waals surface area contributed by atoms with Gasteiger partial charge in [0.1, 0.15) is 5.75 Å². The fourth-order valence-electron chi connectivity index (χ4n) is 2.59. The molecule has 1 saturated carbocycles. The number of carbonyl (C=O) groups excluding carboxylic acids is 1. The molecule has 1 fully saturated rings. The molecule has 1 aromatic carbocycles. The van der Waals surface area contributed by atoms with Crippen LogP contribution in [0.4, 0.5) is 0 Å². The van der Waals surface area contributed by atoms with Gasteiger partial charge in [0, 0.05) is 17.1 Å². The Balaban J connectivity index is 2.06. The van der Waals surface area contributed by atoms with Gasteiger partial charge in [-0.25, -0.2) is 0 Å². The number of rotatable bonds is 7. The molecule has 21 heavy (non-hydrogen) atoms. The van der Waals surface area contributed by atoms with Gasteiger partial charge in [0.2, 0.25) is 0 Å². The van der Waals surface area contributed by atoms with E-state index in [2.05, 4.69) is 15.9 Å². The SMILES string of the molecule is CCN(C(=O)COc1c(C)cc(Br)cc1CCN)C1CC1. The fourth-order valence-corrected chi connectivity index (χ4v) is 3.21. The van der Waals surface area contributed by atoms with Crippen LogP contribution >= 0.6 is 15.9 Å². The lowest BCUT2D eigenvalue weighted by molar-refractivity contribution is -0.133. The zero-order valence-corrected chi connectivity index (χ0v) is 14.3. The molecule has 2 rings (SSSR count). The maximum atomic E-state index is 12.2. The van der Waals surface area contributed by atoms with E-state index < -0.39 is 0 Å². The second kappa shape index (κ2) is 7.27. The first-order chi connectivity index (χ1) is 10.1. The van der Waals surface area contributed by atoms with Crippen LogP contribution in [0.15, 0.2) is 16.6 Å². The standard InChI is InChI=1S/C16H23BrN2O2/c1-3-19(14-4-5-14)15(20)10-21-16-11(2)8-13(17)9-12(16)6-7-18/h8-9,14H,3-7,10,18H2,1-2H3. The molecule has 1 aliphatic rings. The monoisotopic (exact) mass is 354 g/mol. The van der Waals surface area contributed by atoms with Gasteiger partial charge < -0.3 is 15.4 Å². The summed E-state index contributed by atoms with van der Waals surface area (Å²) in [5, 5.41) is 0. The van der Waals surface area contributed by atoms with Crippen LogP contribution in [0.2, 0.25) is 0 Å². The molecule has 0 spiro atoms. The summed E-state index contributed by atoms with van der Waals surface area (Å²) in [5.41, 5.74) is 7.73. The highest BCUT2D eigenvalue weighted by atomic mass is 79.9. The minimum absolute atomic E-state index is 0.0704. The van der Waals surface area contributed by atoms with Gasteiger partial charge in [-0.15, -0.1) is 0 Å². The van der Waals surface area contributed by atoms with Crippen molar-refractivity contribution in [3.05, 3.63) is 27.7 Å². The normalized spacial score (nSPS) is 14.1. The molecule has 0 saturated heterocycles. The molecule has 1 amide bonds. The molecule has 0 aromatic heterocycles. The molecule has 0 atom stereocenters. The highest BCUT2D eigenvalue weighted by molar-refractivity contribution is 9.10. The molecule has 1 aromatic rings. The Labute approximate surface area is 134 Å². The summed E-state index contributed by atoms with van der Waals surface area (Å²) in [4.78, 5) is 14.2. The second-order valence-corrected chi connectivity index (χ2v) is 6.36. The van der Waals surface area contributed by atoms with E-state index in [4.69, 9.17) is 10.5 Å². The lowest BCUT2D eigenvalue weighted by Gasteiger charge is -2.21. The number of ether oxygens (including phenoxy) is 1. The van der Waals surface area contributed by atoms with Crippen LogP contribution in [0.3, 0.4) is 0 Å². The van der Waals surface area contributed by atoms with Crippen molar-refractivity contribution >= 4 is 21.8 Å². The molecule has 0 aliphatic heterocycles. The first-order valence-corrected chi connectivity index (χ1v) is 8.27. The zero-order valence-electron chi connectivity index (χ0n) is 12.7. The molecule has 4 nitrogen and oxygen atoms in total. The van der Waals surface area contributed by atoms with E-state index in [0.29, 0.717) is 12.6 Å².